The lowest BCUT2D eigenvalue weighted by atomic mass is 10.1. The van der Waals surface area contributed by atoms with Crippen LogP contribution in [0.3, 0.4) is 0 Å². The van der Waals surface area contributed by atoms with E-state index in [-0.39, 0.29) is 11.2 Å². The molecule has 1 N–H and O–H groups in total. The van der Waals surface area contributed by atoms with Crippen LogP contribution < -0.4 is 5.32 Å². The van der Waals surface area contributed by atoms with E-state index >= 15 is 0 Å². The summed E-state index contributed by atoms with van der Waals surface area (Å²) < 4.78 is 1.03. The van der Waals surface area contributed by atoms with Gasteiger partial charge >= 0.3 is 0 Å². The minimum absolute atomic E-state index is 0.0325. The Kier molecular flexibility index (Phi) is 6.93. The van der Waals surface area contributed by atoms with Gasteiger partial charge in [0.2, 0.25) is 5.91 Å². The predicted molar refractivity (Wildman–Crippen MR) is 115 cm³/mol. The van der Waals surface area contributed by atoms with Crippen LogP contribution in [0, 0.1) is 0 Å². The lowest BCUT2D eigenvalue weighted by molar-refractivity contribution is -0.119. The number of amides is 1. The quantitative estimate of drug-likeness (QED) is 0.659. The van der Waals surface area contributed by atoms with Crippen molar-refractivity contribution in [3.63, 3.8) is 0 Å². The summed E-state index contributed by atoms with van der Waals surface area (Å²) in [5.74, 6) is 0.651. The highest BCUT2D eigenvalue weighted by Crippen LogP contribution is 2.25. The third-order valence-corrected chi connectivity index (χ3v) is 6.48. The monoisotopic (exact) mass is 447 g/mol. The summed E-state index contributed by atoms with van der Waals surface area (Å²) in [5, 5.41) is 11.8. The topological polar surface area (TPSA) is 53.8 Å². The van der Waals surface area contributed by atoms with E-state index < -0.39 is 0 Å². The Hall–Kier alpha value is -1.57. The van der Waals surface area contributed by atoms with Gasteiger partial charge < -0.3 is 5.32 Å². The Bertz CT molecular complexity index is 822. The Morgan fingerprint density at radius 2 is 1.92 bits per heavy atom. The molecule has 0 bridgehead atoms. The van der Waals surface area contributed by atoms with Gasteiger partial charge in [0.15, 0.2) is 5.17 Å². The molecule has 0 saturated heterocycles. The normalized spacial score (nSPS) is 15.0. The van der Waals surface area contributed by atoms with Crippen LogP contribution in [-0.2, 0) is 4.79 Å². The highest BCUT2D eigenvalue weighted by Gasteiger charge is 2.21. The maximum Gasteiger partial charge on any atom is 0.239 e. The number of thioether (sulfide) groups is 2. The van der Waals surface area contributed by atoms with E-state index in [0.29, 0.717) is 10.9 Å². The molecule has 4 nitrogen and oxygen atoms in total. The van der Waals surface area contributed by atoms with Crippen LogP contribution in [0.2, 0.25) is 0 Å². The number of hydrogen-bond acceptors (Lipinski definition) is 5. The molecule has 2 aromatic carbocycles. The average Bonchev–Trinajstić information content (AvgIpc) is 2.68. The molecule has 0 unspecified atom stereocenters. The van der Waals surface area contributed by atoms with E-state index in [1.54, 1.807) is 11.8 Å². The highest BCUT2D eigenvalue weighted by atomic mass is 79.9. The fourth-order valence-electron chi connectivity index (χ4n) is 2.32. The average molecular weight is 448 g/mol. The first-order valence-electron chi connectivity index (χ1n) is 8.21. The van der Waals surface area contributed by atoms with Crippen LogP contribution in [0.25, 0.3) is 0 Å². The lowest BCUT2D eigenvalue weighted by Crippen LogP contribution is -2.36. The number of amidine groups is 1. The molecule has 7 heteroatoms. The molecule has 1 atom stereocenters. The molecule has 0 spiro atoms. The molecule has 1 aliphatic heterocycles. The second kappa shape index (κ2) is 9.39. The van der Waals surface area contributed by atoms with E-state index in [9.17, 15) is 4.79 Å². The SMILES string of the molecule is CC[C@H](Sc1ccccc1)C(=O)NC1=NN=C(c2ccc(Br)cc2)CS1. The van der Waals surface area contributed by atoms with Crippen molar-refractivity contribution in [2.45, 2.75) is 23.5 Å². The molecule has 1 heterocycles. The zero-order valence-corrected chi connectivity index (χ0v) is 17.4. The number of carbonyl (C=O) groups excluding carboxylic acids is 1. The summed E-state index contributed by atoms with van der Waals surface area (Å²) in [6.45, 7) is 2.01. The van der Waals surface area contributed by atoms with Crippen LogP contribution in [0.5, 0.6) is 0 Å². The Balaban J connectivity index is 1.63. The number of rotatable bonds is 5. The van der Waals surface area contributed by atoms with Gasteiger partial charge in [-0.05, 0) is 36.2 Å². The van der Waals surface area contributed by atoms with Crippen LogP contribution in [0.1, 0.15) is 18.9 Å². The third-order valence-electron chi connectivity index (χ3n) is 3.70. The predicted octanol–water partition coefficient (Wildman–Crippen LogP) is 4.94. The zero-order valence-electron chi connectivity index (χ0n) is 14.2. The van der Waals surface area contributed by atoms with Crippen molar-refractivity contribution in [3.05, 3.63) is 64.6 Å². The van der Waals surface area contributed by atoms with E-state index in [0.717, 1.165) is 27.1 Å². The molecule has 0 saturated carbocycles. The third kappa shape index (κ3) is 5.22. The van der Waals surface area contributed by atoms with Crippen molar-refractivity contribution in [3.8, 4) is 0 Å². The van der Waals surface area contributed by atoms with E-state index in [4.69, 9.17) is 0 Å². The second-order valence-corrected chi connectivity index (χ2v) is 8.72. The number of halogens is 1. The number of nitrogens with zero attached hydrogens (tertiary/aromatic N) is 2. The summed E-state index contributed by atoms with van der Waals surface area (Å²) in [5.41, 5.74) is 1.95. The fraction of sp³-hybridized carbons (Fsp3) is 0.211. The standard InChI is InChI=1S/C19H18BrN3OS2/c1-2-17(26-15-6-4-3-5-7-15)18(24)21-19-23-22-16(12-25-19)13-8-10-14(20)11-9-13/h3-11,17H,2,12H2,1H3,(H,21,23,24)/t17-/m0/s1. The largest absolute Gasteiger partial charge is 0.303 e. The zero-order chi connectivity index (χ0) is 18.4. The number of benzene rings is 2. The molecule has 0 fully saturated rings. The van der Waals surface area contributed by atoms with Crippen molar-refractivity contribution in [2.75, 3.05) is 5.75 Å². The van der Waals surface area contributed by atoms with Gasteiger partial charge in [0.25, 0.3) is 0 Å². The van der Waals surface area contributed by atoms with Crippen molar-refractivity contribution >= 4 is 56.2 Å². The molecule has 134 valence electrons. The van der Waals surface area contributed by atoms with Gasteiger partial charge in [-0.1, -0.05) is 64.9 Å². The molecule has 26 heavy (non-hydrogen) atoms. The van der Waals surface area contributed by atoms with E-state index in [1.165, 1.54) is 11.8 Å². The van der Waals surface area contributed by atoms with Gasteiger partial charge in [-0.2, -0.15) is 5.10 Å². The maximum atomic E-state index is 12.6. The van der Waals surface area contributed by atoms with Gasteiger partial charge in [0.05, 0.1) is 11.0 Å². The van der Waals surface area contributed by atoms with Gasteiger partial charge in [-0.15, -0.1) is 16.9 Å². The molecule has 1 amide bonds. The minimum Gasteiger partial charge on any atom is -0.303 e. The Morgan fingerprint density at radius 1 is 1.19 bits per heavy atom. The second-order valence-electron chi connectivity index (χ2n) is 5.56. The van der Waals surface area contributed by atoms with Crippen LogP contribution >= 0.6 is 39.5 Å². The van der Waals surface area contributed by atoms with Gasteiger partial charge in [0, 0.05) is 15.1 Å². The van der Waals surface area contributed by atoms with Crippen molar-refractivity contribution in [2.24, 2.45) is 10.2 Å². The molecule has 2 aromatic rings. The first kappa shape index (κ1) is 19.2. The molecule has 0 aliphatic carbocycles. The Labute approximate surface area is 170 Å². The smallest absolute Gasteiger partial charge is 0.239 e. The molecule has 0 aromatic heterocycles. The minimum atomic E-state index is -0.155. The Morgan fingerprint density at radius 3 is 2.54 bits per heavy atom. The highest BCUT2D eigenvalue weighted by molar-refractivity contribution is 9.10. The number of carbonyl (C=O) groups is 1. The first-order valence-corrected chi connectivity index (χ1v) is 10.9. The van der Waals surface area contributed by atoms with Crippen LogP contribution in [0.4, 0.5) is 0 Å². The summed E-state index contributed by atoms with van der Waals surface area (Å²) >= 11 is 6.49. The van der Waals surface area contributed by atoms with Crippen molar-refractivity contribution in [1.29, 1.82) is 0 Å². The summed E-state index contributed by atoms with van der Waals surface area (Å²) in [6, 6.07) is 17.9. The maximum absolute atomic E-state index is 12.6. The summed E-state index contributed by atoms with van der Waals surface area (Å²) in [7, 11) is 0. The van der Waals surface area contributed by atoms with Gasteiger partial charge in [-0.3, -0.25) is 4.79 Å². The molecule has 1 aliphatic rings. The van der Waals surface area contributed by atoms with Crippen molar-refractivity contribution in [1.82, 2.24) is 5.32 Å². The van der Waals surface area contributed by atoms with Crippen LogP contribution in [0.15, 0.2) is 74.2 Å². The van der Waals surface area contributed by atoms with Crippen LogP contribution in [-0.4, -0.2) is 27.8 Å². The van der Waals surface area contributed by atoms with Gasteiger partial charge in [0.1, 0.15) is 0 Å². The fourth-order valence-corrected chi connectivity index (χ4v) is 4.33. The molecule has 0 radical (unpaired) electrons. The van der Waals surface area contributed by atoms with E-state index in [2.05, 4.69) is 31.4 Å². The van der Waals surface area contributed by atoms with Gasteiger partial charge in [-0.25, -0.2) is 0 Å². The summed E-state index contributed by atoms with van der Waals surface area (Å²) in [6.07, 6.45) is 0.747. The van der Waals surface area contributed by atoms with Crippen molar-refractivity contribution < 1.29 is 4.79 Å². The number of nitrogens with one attached hydrogen (secondary N) is 1. The van der Waals surface area contributed by atoms with E-state index in [1.807, 2.05) is 61.5 Å². The lowest BCUT2D eigenvalue weighted by Gasteiger charge is -2.17. The first-order chi connectivity index (χ1) is 12.7. The number of hydrogen-bond donors (Lipinski definition) is 1. The summed E-state index contributed by atoms with van der Waals surface area (Å²) in [4.78, 5) is 13.6. The molecular weight excluding hydrogens is 430 g/mol. The molecule has 3 rings (SSSR count). The molecular formula is C19H18BrN3OS2.